The predicted molar refractivity (Wildman–Crippen MR) is 142 cm³/mol. The van der Waals surface area contributed by atoms with Gasteiger partial charge in [0.2, 0.25) is 5.91 Å². The van der Waals surface area contributed by atoms with Crippen LogP contribution >= 0.6 is 34.7 Å². The number of nitrogens with zero attached hydrogens (tertiary/aromatic N) is 1. The smallest absolute Gasteiger partial charge is 0.416 e. The van der Waals surface area contributed by atoms with E-state index in [-0.39, 0.29) is 28.0 Å². The number of carbonyl (C=O) groups excluding carboxylic acids is 1. The Morgan fingerprint density at radius 1 is 1.16 bits per heavy atom. The molecule has 1 aliphatic heterocycles. The first kappa shape index (κ1) is 25.8. The summed E-state index contributed by atoms with van der Waals surface area (Å²) in [6.45, 7) is -0.301. The lowest BCUT2D eigenvalue weighted by molar-refractivity contribution is -0.137. The van der Waals surface area contributed by atoms with Gasteiger partial charge >= 0.3 is 11.0 Å². The van der Waals surface area contributed by atoms with Crippen molar-refractivity contribution < 1.29 is 22.7 Å². The summed E-state index contributed by atoms with van der Waals surface area (Å²) in [7, 11) is 1.62. The number of hydrogen-bond donors (Lipinski definition) is 1. The van der Waals surface area contributed by atoms with E-state index in [1.165, 1.54) is 23.8 Å². The Morgan fingerprint density at radius 2 is 1.89 bits per heavy atom. The van der Waals surface area contributed by atoms with Gasteiger partial charge in [0.25, 0.3) is 0 Å². The Kier molecular flexibility index (Phi) is 6.55. The van der Waals surface area contributed by atoms with E-state index in [1.807, 2.05) is 12.1 Å². The van der Waals surface area contributed by atoms with E-state index in [0.29, 0.717) is 23.0 Å². The Morgan fingerprint density at radius 3 is 2.61 bits per heavy atom. The lowest BCUT2D eigenvalue weighted by Crippen LogP contribution is -2.34. The number of hydrogen-bond acceptors (Lipinski definition) is 5. The first-order chi connectivity index (χ1) is 18.1. The fourth-order valence-corrected chi connectivity index (χ4v) is 9.72. The van der Waals surface area contributed by atoms with Crippen LogP contribution in [-0.2, 0) is 17.5 Å². The summed E-state index contributed by atoms with van der Waals surface area (Å²) >= 11 is 8.92. The summed E-state index contributed by atoms with van der Waals surface area (Å²) in [4.78, 5) is 26.9. The standard InChI is InChI=1S/C27H24ClF3N2O3S2/c1-36-17-7-4-13(5-8-17)21-22-14-2-3-15(10-14)23(22)37-25-24(21)38-26(35)33(25)12-20(34)32-19-11-16(27(29,30)31)6-9-18(19)28/h4-9,11,14-15,21-23H,2-3,10,12H2,1H3,(H,32,34)/t14-,15-,21-,22-,23-/m1/s1. The first-order valence-electron chi connectivity index (χ1n) is 12.3. The van der Waals surface area contributed by atoms with Gasteiger partial charge in [-0.3, -0.25) is 14.2 Å². The van der Waals surface area contributed by atoms with Crippen molar-refractivity contribution in [2.24, 2.45) is 17.8 Å². The molecule has 0 radical (unpaired) electrons. The molecular weight excluding hydrogens is 557 g/mol. The van der Waals surface area contributed by atoms with Gasteiger partial charge in [-0.05, 0) is 72.9 Å². The summed E-state index contributed by atoms with van der Waals surface area (Å²) in [5.41, 5.74) is 0.0755. The van der Waals surface area contributed by atoms with Gasteiger partial charge in [-0.25, -0.2) is 0 Å². The number of carbonyl (C=O) groups is 1. The number of anilines is 1. The highest BCUT2D eigenvalue weighted by Crippen LogP contribution is 2.64. The first-order valence-corrected chi connectivity index (χ1v) is 14.4. The summed E-state index contributed by atoms with van der Waals surface area (Å²) in [5.74, 6) is 1.81. The van der Waals surface area contributed by atoms with Crippen molar-refractivity contribution >= 4 is 46.3 Å². The Hall–Kier alpha value is -2.43. The Bertz CT molecular complexity index is 1450. The number of thiazole rings is 1. The minimum absolute atomic E-state index is 0.00943. The molecule has 1 N–H and O–H groups in total. The third-order valence-corrected chi connectivity index (χ3v) is 11.2. The van der Waals surface area contributed by atoms with Gasteiger partial charge < -0.3 is 10.1 Å². The lowest BCUT2D eigenvalue weighted by atomic mass is 9.75. The van der Waals surface area contributed by atoms with Crippen LogP contribution in [0.5, 0.6) is 5.75 Å². The van der Waals surface area contributed by atoms with E-state index < -0.39 is 17.6 Å². The normalized spacial score (nSPS) is 25.7. The van der Waals surface area contributed by atoms with Crippen LogP contribution in [-0.4, -0.2) is 22.8 Å². The fourth-order valence-electron chi connectivity index (χ4n) is 6.40. The summed E-state index contributed by atoms with van der Waals surface area (Å²) in [6.07, 6.45) is -1.02. The van der Waals surface area contributed by atoms with Crippen LogP contribution in [0.2, 0.25) is 5.02 Å². The van der Waals surface area contributed by atoms with Gasteiger partial charge in [0.05, 0.1) is 28.4 Å². The molecule has 1 aromatic heterocycles. The number of halogens is 4. The Labute approximate surface area is 230 Å². The molecule has 5 nitrogen and oxygen atoms in total. The molecule has 3 aromatic rings. The zero-order chi connectivity index (χ0) is 26.8. The molecule has 2 fully saturated rings. The van der Waals surface area contributed by atoms with Gasteiger partial charge in [-0.15, -0.1) is 11.8 Å². The molecule has 2 bridgehead atoms. The van der Waals surface area contributed by atoms with E-state index in [4.69, 9.17) is 16.3 Å². The molecule has 0 saturated heterocycles. The topological polar surface area (TPSA) is 60.3 Å². The zero-order valence-electron chi connectivity index (χ0n) is 20.3. The van der Waals surface area contributed by atoms with Crippen LogP contribution < -0.4 is 14.9 Å². The number of nitrogens with one attached hydrogen (secondary N) is 1. The number of methoxy groups -OCH3 is 1. The molecule has 0 spiro atoms. The molecular formula is C27H24ClF3N2O3S2. The predicted octanol–water partition coefficient (Wildman–Crippen LogP) is 6.88. The number of aromatic nitrogens is 1. The lowest BCUT2D eigenvalue weighted by Gasteiger charge is -2.40. The van der Waals surface area contributed by atoms with Gasteiger partial charge in [0.1, 0.15) is 12.3 Å². The maximum Gasteiger partial charge on any atom is 0.416 e. The number of rotatable bonds is 5. The third kappa shape index (κ3) is 4.44. The summed E-state index contributed by atoms with van der Waals surface area (Å²) in [6, 6.07) is 10.8. The molecule has 5 atom stereocenters. The maximum atomic E-state index is 13.2. The third-order valence-electron chi connectivity index (χ3n) is 8.04. The van der Waals surface area contributed by atoms with Gasteiger partial charge in [0.15, 0.2) is 0 Å². The molecule has 2 heterocycles. The van der Waals surface area contributed by atoms with Crippen molar-refractivity contribution in [2.45, 2.75) is 48.2 Å². The second-order valence-electron chi connectivity index (χ2n) is 10.1. The second-order valence-corrected chi connectivity index (χ2v) is 12.7. The number of thioether (sulfide) groups is 1. The highest BCUT2D eigenvalue weighted by atomic mass is 35.5. The molecule has 200 valence electrons. The SMILES string of the molecule is COc1ccc([C@H]2c3sc(=O)n(CC(=O)Nc4cc(C(F)(F)F)ccc4Cl)c3S[C@@H]3[C@@H]4CC[C@H](C4)[C@H]23)cc1. The molecule has 2 aromatic carbocycles. The number of ether oxygens (including phenoxy) is 1. The number of fused-ring (bicyclic) bond motifs is 6. The average Bonchev–Trinajstić information content (AvgIpc) is 3.58. The highest BCUT2D eigenvalue weighted by molar-refractivity contribution is 8.00. The van der Waals surface area contributed by atoms with Crippen LogP contribution in [0, 0.1) is 17.8 Å². The summed E-state index contributed by atoms with van der Waals surface area (Å²) < 4.78 is 46.3. The van der Waals surface area contributed by atoms with Crippen molar-refractivity contribution in [1.82, 2.24) is 4.57 Å². The monoisotopic (exact) mass is 580 g/mol. The molecule has 2 saturated carbocycles. The summed E-state index contributed by atoms with van der Waals surface area (Å²) in [5, 5.41) is 3.61. The zero-order valence-corrected chi connectivity index (χ0v) is 22.6. The van der Waals surface area contributed by atoms with Crippen molar-refractivity contribution in [3.8, 4) is 5.75 Å². The van der Waals surface area contributed by atoms with Crippen LogP contribution in [0.25, 0.3) is 0 Å². The van der Waals surface area contributed by atoms with Gasteiger partial charge in [-0.1, -0.05) is 35.1 Å². The molecule has 3 aliphatic rings. The van der Waals surface area contributed by atoms with Gasteiger partial charge in [-0.2, -0.15) is 13.2 Å². The number of benzene rings is 2. The number of alkyl halides is 3. The van der Waals surface area contributed by atoms with Crippen LogP contribution in [0.15, 0.2) is 52.3 Å². The fraction of sp³-hybridized carbons (Fsp3) is 0.407. The largest absolute Gasteiger partial charge is 0.497 e. The van der Waals surface area contributed by atoms with E-state index in [1.54, 1.807) is 18.9 Å². The molecule has 1 amide bonds. The van der Waals surface area contributed by atoms with Crippen molar-refractivity contribution in [1.29, 1.82) is 0 Å². The average molecular weight is 581 g/mol. The minimum Gasteiger partial charge on any atom is -0.497 e. The second kappa shape index (κ2) is 9.64. The number of amides is 1. The Balaban J connectivity index is 1.33. The van der Waals surface area contributed by atoms with Crippen LogP contribution in [0.4, 0.5) is 18.9 Å². The van der Waals surface area contributed by atoms with Crippen LogP contribution in [0.3, 0.4) is 0 Å². The van der Waals surface area contributed by atoms with Crippen molar-refractivity contribution in [3.63, 3.8) is 0 Å². The van der Waals surface area contributed by atoms with Crippen LogP contribution in [0.1, 0.15) is 41.2 Å². The molecule has 38 heavy (non-hydrogen) atoms. The van der Waals surface area contributed by atoms with Gasteiger partial charge in [0, 0.05) is 16.0 Å². The van der Waals surface area contributed by atoms with Crippen molar-refractivity contribution in [3.05, 3.63) is 73.2 Å². The van der Waals surface area contributed by atoms with E-state index in [9.17, 15) is 22.8 Å². The minimum atomic E-state index is -4.57. The van der Waals surface area contributed by atoms with E-state index in [2.05, 4.69) is 17.4 Å². The highest BCUT2D eigenvalue weighted by Gasteiger charge is 2.55. The van der Waals surface area contributed by atoms with E-state index >= 15 is 0 Å². The molecule has 2 aliphatic carbocycles. The quantitative estimate of drug-likeness (QED) is 0.357. The molecule has 11 heteroatoms. The molecule has 6 rings (SSSR count). The maximum absolute atomic E-state index is 13.2. The van der Waals surface area contributed by atoms with Crippen molar-refractivity contribution in [2.75, 3.05) is 12.4 Å². The van der Waals surface area contributed by atoms with E-state index in [0.717, 1.165) is 50.8 Å². The molecule has 0 unspecified atom stereocenters.